The van der Waals surface area contributed by atoms with Crippen LogP contribution in [0.2, 0.25) is 0 Å². The first-order chi connectivity index (χ1) is 12.0. The van der Waals surface area contributed by atoms with Gasteiger partial charge >= 0.3 is 5.97 Å². The van der Waals surface area contributed by atoms with Crippen LogP contribution in [0.4, 0.5) is 4.39 Å². The standard InChI is InChI=1S/C19H17FN2O3/c1-12-5-3-4-6-14(12)10-18(23)24-11-17-21-19(22-25-17)15-8-7-13(2)16(20)9-15/h3-9H,10-11H2,1-2H3. The summed E-state index contributed by atoms with van der Waals surface area (Å²) >= 11 is 0. The number of aromatic nitrogens is 2. The molecule has 0 unspecified atom stereocenters. The summed E-state index contributed by atoms with van der Waals surface area (Å²) in [5, 5.41) is 3.79. The monoisotopic (exact) mass is 340 g/mol. The first kappa shape index (κ1) is 16.8. The molecule has 0 saturated carbocycles. The third kappa shape index (κ3) is 4.09. The zero-order valence-corrected chi connectivity index (χ0v) is 14.0. The Labute approximate surface area is 144 Å². The van der Waals surface area contributed by atoms with Crippen molar-refractivity contribution < 1.29 is 18.4 Å². The fourth-order valence-corrected chi connectivity index (χ4v) is 2.32. The Morgan fingerprint density at radius 3 is 2.72 bits per heavy atom. The fraction of sp³-hybridized carbons (Fsp3) is 0.211. The summed E-state index contributed by atoms with van der Waals surface area (Å²) in [6.45, 7) is 3.49. The van der Waals surface area contributed by atoms with Gasteiger partial charge in [-0.05, 0) is 36.6 Å². The molecular formula is C19H17FN2O3. The number of ether oxygens (including phenoxy) is 1. The Bertz CT molecular complexity index is 905. The topological polar surface area (TPSA) is 65.2 Å². The van der Waals surface area contributed by atoms with Gasteiger partial charge in [0.05, 0.1) is 6.42 Å². The Kier molecular flexibility index (Phi) is 4.88. The highest BCUT2D eigenvalue weighted by molar-refractivity contribution is 5.73. The maximum atomic E-state index is 13.6. The summed E-state index contributed by atoms with van der Waals surface area (Å²) < 4.78 is 23.8. The number of halogens is 1. The van der Waals surface area contributed by atoms with Gasteiger partial charge in [-0.3, -0.25) is 4.79 Å². The van der Waals surface area contributed by atoms with Gasteiger partial charge in [-0.15, -0.1) is 0 Å². The summed E-state index contributed by atoms with van der Waals surface area (Å²) in [6, 6.07) is 12.3. The van der Waals surface area contributed by atoms with Gasteiger partial charge in [0.15, 0.2) is 6.61 Å². The maximum absolute atomic E-state index is 13.6. The van der Waals surface area contributed by atoms with Gasteiger partial charge in [-0.25, -0.2) is 4.39 Å². The van der Waals surface area contributed by atoms with Crippen molar-refractivity contribution in [1.82, 2.24) is 10.1 Å². The average molecular weight is 340 g/mol. The smallest absolute Gasteiger partial charge is 0.310 e. The van der Waals surface area contributed by atoms with E-state index in [2.05, 4.69) is 10.1 Å². The van der Waals surface area contributed by atoms with Gasteiger partial charge in [-0.2, -0.15) is 4.98 Å². The summed E-state index contributed by atoms with van der Waals surface area (Å²) in [6.07, 6.45) is 0.177. The molecule has 0 aliphatic rings. The van der Waals surface area contributed by atoms with E-state index in [1.165, 1.54) is 6.07 Å². The zero-order chi connectivity index (χ0) is 17.8. The van der Waals surface area contributed by atoms with Gasteiger partial charge in [0.25, 0.3) is 5.89 Å². The first-order valence-electron chi connectivity index (χ1n) is 7.82. The van der Waals surface area contributed by atoms with E-state index in [4.69, 9.17) is 9.26 Å². The molecule has 0 bridgehead atoms. The molecule has 128 valence electrons. The van der Waals surface area contributed by atoms with Gasteiger partial charge in [-0.1, -0.05) is 41.6 Å². The number of aryl methyl sites for hydroxylation is 2. The van der Waals surface area contributed by atoms with Crippen LogP contribution in [0.5, 0.6) is 0 Å². The van der Waals surface area contributed by atoms with E-state index in [1.807, 2.05) is 31.2 Å². The zero-order valence-electron chi connectivity index (χ0n) is 14.0. The van der Waals surface area contributed by atoms with Crippen molar-refractivity contribution in [3.05, 3.63) is 70.9 Å². The molecule has 3 aromatic rings. The third-order valence-electron chi connectivity index (χ3n) is 3.85. The number of carbonyl (C=O) groups is 1. The van der Waals surface area contributed by atoms with Crippen molar-refractivity contribution in [3.8, 4) is 11.4 Å². The number of esters is 1. The minimum absolute atomic E-state index is 0.119. The highest BCUT2D eigenvalue weighted by Crippen LogP contribution is 2.19. The van der Waals surface area contributed by atoms with E-state index in [1.54, 1.807) is 19.1 Å². The van der Waals surface area contributed by atoms with E-state index < -0.39 is 0 Å². The number of nitrogens with zero attached hydrogens (tertiary/aromatic N) is 2. The molecule has 0 amide bonds. The van der Waals surface area contributed by atoms with Crippen LogP contribution in [0.25, 0.3) is 11.4 Å². The first-order valence-corrected chi connectivity index (χ1v) is 7.82. The van der Waals surface area contributed by atoms with Crippen LogP contribution in [0.15, 0.2) is 47.0 Å². The van der Waals surface area contributed by atoms with E-state index in [-0.39, 0.29) is 36.5 Å². The predicted molar refractivity (Wildman–Crippen MR) is 89.1 cm³/mol. The molecule has 0 aliphatic carbocycles. The SMILES string of the molecule is Cc1ccc(-c2noc(COC(=O)Cc3ccccc3C)n2)cc1F. The normalized spacial score (nSPS) is 10.7. The van der Waals surface area contributed by atoms with E-state index >= 15 is 0 Å². The molecule has 1 aromatic heterocycles. The second kappa shape index (κ2) is 7.25. The number of hydrogen-bond donors (Lipinski definition) is 0. The van der Waals surface area contributed by atoms with Crippen molar-refractivity contribution in [2.45, 2.75) is 26.9 Å². The van der Waals surface area contributed by atoms with Crippen LogP contribution in [-0.4, -0.2) is 16.1 Å². The largest absolute Gasteiger partial charge is 0.455 e. The maximum Gasteiger partial charge on any atom is 0.310 e. The second-order valence-corrected chi connectivity index (χ2v) is 5.74. The lowest BCUT2D eigenvalue weighted by Crippen LogP contribution is -2.09. The molecule has 0 saturated heterocycles. The average Bonchev–Trinajstić information content (AvgIpc) is 3.07. The lowest BCUT2D eigenvalue weighted by molar-refractivity contribution is -0.144. The molecule has 3 rings (SSSR count). The van der Waals surface area contributed by atoms with Crippen molar-refractivity contribution in [3.63, 3.8) is 0 Å². The number of carbonyl (C=O) groups excluding carboxylic acids is 1. The van der Waals surface area contributed by atoms with E-state index in [0.717, 1.165) is 11.1 Å². The number of hydrogen-bond acceptors (Lipinski definition) is 5. The molecular weight excluding hydrogens is 323 g/mol. The molecule has 2 aromatic carbocycles. The van der Waals surface area contributed by atoms with Gasteiger partial charge in [0.1, 0.15) is 5.82 Å². The quantitative estimate of drug-likeness (QED) is 0.661. The predicted octanol–water partition coefficient (Wildman–Crippen LogP) is 3.78. The summed E-state index contributed by atoms with van der Waals surface area (Å²) in [5.74, 6) is -0.304. The lowest BCUT2D eigenvalue weighted by atomic mass is 10.1. The lowest BCUT2D eigenvalue weighted by Gasteiger charge is -2.04. The number of rotatable bonds is 5. The highest BCUT2D eigenvalue weighted by atomic mass is 19.1. The van der Waals surface area contributed by atoms with Crippen LogP contribution in [0.1, 0.15) is 22.6 Å². The molecule has 0 aliphatic heterocycles. The van der Waals surface area contributed by atoms with Gasteiger partial charge < -0.3 is 9.26 Å². The molecule has 25 heavy (non-hydrogen) atoms. The minimum Gasteiger partial charge on any atom is -0.455 e. The summed E-state index contributed by atoms with van der Waals surface area (Å²) in [5.41, 5.74) is 2.98. The van der Waals surface area contributed by atoms with E-state index in [9.17, 15) is 9.18 Å². The highest BCUT2D eigenvalue weighted by Gasteiger charge is 2.13. The van der Waals surface area contributed by atoms with Crippen LogP contribution in [-0.2, 0) is 22.6 Å². The van der Waals surface area contributed by atoms with Crippen LogP contribution in [0.3, 0.4) is 0 Å². The Morgan fingerprint density at radius 1 is 1.16 bits per heavy atom. The van der Waals surface area contributed by atoms with Crippen molar-refractivity contribution in [1.29, 1.82) is 0 Å². The molecule has 0 spiro atoms. The molecule has 0 N–H and O–H groups in total. The Hall–Kier alpha value is -3.02. The minimum atomic E-state index is -0.379. The molecule has 0 fully saturated rings. The molecule has 0 atom stereocenters. The molecule has 1 heterocycles. The van der Waals surface area contributed by atoms with Crippen LogP contribution in [0, 0.1) is 19.7 Å². The fourth-order valence-electron chi connectivity index (χ4n) is 2.32. The number of benzene rings is 2. The Morgan fingerprint density at radius 2 is 1.96 bits per heavy atom. The van der Waals surface area contributed by atoms with Gasteiger partial charge in [0.2, 0.25) is 5.82 Å². The third-order valence-corrected chi connectivity index (χ3v) is 3.85. The van der Waals surface area contributed by atoms with Crippen LogP contribution >= 0.6 is 0 Å². The van der Waals surface area contributed by atoms with Crippen molar-refractivity contribution in [2.75, 3.05) is 0 Å². The second-order valence-electron chi connectivity index (χ2n) is 5.74. The van der Waals surface area contributed by atoms with Crippen molar-refractivity contribution >= 4 is 5.97 Å². The Balaban J connectivity index is 1.61. The molecule has 6 heteroatoms. The van der Waals surface area contributed by atoms with E-state index in [0.29, 0.717) is 11.1 Å². The van der Waals surface area contributed by atoms with Gasteiger partial charge in [0, 0.05) is 5.56 Å². The van der Waals surface area contributed by atoms with Crippen LogP contribution < -0.4 is 0 Å². The summed E-state index contributed by atoms with van der Waals surface area (Å²) in [4.78, 5) is 16.1. The van der Waals surface area contributed by atoms with Crippen molar-refractivity contribution in [2.24, 2.45) is 0 Å². The molecule has 5 nitrogen and oxygen atoms in total. The summed E-state index contributed by atoms with van der Waals surface area (Å²) in [7, 11) is 0. The molecule has 0 radical (unpaired) electrons.